The van der Waals surface area contributed by atoms with Crippen LogP contribution in [0.2, 0.25) is 0 Å². The van der Waals surface area contributed by atoms with Crippen LogP contribution in [0.25, 0.3) is 0 Å². The standard InChI is InChI=1S/C14H20N2OS/c1-9(2)15-10(3)6-11-4-5-13-12(7-11)16-14(17)8-18-13/h4-5,7,9-10,15H,6,8H2,1-3H3,(H,16,17). The van der Waals surface area contributed by atoms with Crippen molar-refractivity contribution in [2.45, 2.75) is 44.2 Å². The van der Waals surface area contributed by atoms with Gasteiger partial charge < -0.3 is 10.6 Å². The Morgan fingerprint density at radius 1 is 1.39 bits per heavy atom. The SMILES string of the molecule is CC(C)NC(C)Cc1ccc2c(c1)NC(=O)CS2. The fourth-order valence-electron chi connectivity index (χ4n) is 2.24. The molecule has 0 radical (unpaired) electrons. The van der Waals surface area contributed by atoms with Crippen molar-refractivity contribution < 1.29 is 4.79 Å². The normalized spacial score (nSPS) is 16.3. The highest BCUT2D eigenvalue weighted by Gasteiger charge is 2.15. The Bertz CT molecular complexity index is 445. The number of fused-ring (bicyclic) bond motifs is 1. The first-order valence-electron chi connectivity index (χ1n) is 6.36. The van der Waals surface area contributed by atoms with Crippen molar-refractivity contribution in [2.24, 2.45) is 0 Å². The summed E-state index contributed by atoms with van der Waals surface area (Å²) in [5, 5.41) is 6.42. The number of carbonyl (C=O) groups excluding carboxylic acids is 1. The number of carbonyl (C=O) groups is 1. The van der Waals surface area contributed by atoms with Gasteiger partial charge in [-0.1, -0.05) is 19.9 Å². The molecule has 1 heterocycles. The van der Waals surface area contributed by atoms with E-state index in [1.807, 2.05) is 0 Å². The van der Waals surface area contributed by atoms with E-state index in [0.717, 1.165) is 12.1 Å². The third-order valence-corrected chi connectivity index (χ3v) is 3.91. The van der Waals surface area contributed by atoms with E-state index in [1.165, 1.54) is 10.5 Å². The summed E-state index contributed by atoms with van der Waals surface area (Å²) in [6, 6.07) is 7.29. The molecule has 1 amide bonds. The van der Waals surface area contributed by atoms with Gasteiger partial charge in [0.25, 0.3) is 0 Å². The van der Waals surface area contributed by atoms with E-state index in [1.54, 1.807) is 11.8 Å². The summed E-state index contributed by atoms with van der Waals surface area (Å²) in [6.07, 6.45) is 0.978. The largest absolute Gasteiger partial charge is 0.324 e. The average Bonchev–Trinajstić information content (AvgIpc) is 2.27. The molecule has 0 bridgehead atoms. The second-order valence-corrected chi connectivity index (χ2v) is 6.11. The first-order valence-corrected chi connectivity index (χ1v) is 7.35. The second-order valence-electron chi connectivity index (χ2n) is 5.09. The molecule has 0 aromatic heterocycles. The summed E-state index contributed by atoms with van der Waals surface area (Å²) in [5.41, 5.74) is 2.22. The van der Waals surface area contributed by atoms with Crippen LogP contribution < -0.4 is 10.6 Å². The zero-order chi connectivity index (χ0) is 13.1. The molecule has 18 heavy (non-hydrogen) atoms. The van der Waals surface area contributed by atoms with Crippen LogP contribution in [0.5, 0.6) is 0 Å². The Balaban J connectivity index is 2.06. The van der Waals surface area contributed by atoms with E-state index in [2.05, 4.69) is 49.6 Å². The number of hydrogen-bond acceptors (Lipinski definition) is 3. The van der Waals surface area contributed by atoms with Crippen molar-refractivity contribution in [3.8, 4) is 0 Å². The van der Waals surface area contributed by atoms with Gasteiger partial charge in [-0.2, -0.15) is 0 Å². The predicted octanol–water partition coefficient (Wildman–Crippen LogP) is 2.66. The van der Waals surface area contributed by atoms with E-state index >= 15 is 0 Å². The van der Waals surface area contributed by atoms with E-state index < -0.39 is 0 Å². The minimum absolute atomic E-state index is 0.0954. The lowest BCUT2D eigenvalue weighted by Gasteiger charge is -2.20. The molecule has 2 rings (SSSR count). The maximum absolute atomic E-state index is 11.4. The number of thioether (sulfide) groups is 1. The summed E-state index contributed by atoms with van der Waals surface area (Å²) in [6.45, 7) is 6.49. The van der Waals surface area contributed by atoms with Gasteiger partial charge in [-0.25, -0.2) is 0 Å². The van der Waals surface area contributed by atoms with Crippen LogP contribution in [0.1, 0.15) is 26.3 Å². The molecule has 0 saturated carbocycles. The van der Waals surface area contributed by atoms with Gasteiger partial charge in [-0.05, 0) is 31.0 Å². The van der Waals surface area contributed by atoms with Gasteiger partial charge in [-0.15, -0.1) is 11.8 Å². The Kier molecular flexibility index (Phi) is 4.30. The quantitative estimate of drug-likeness (QED) is 0.878. The van der Waals surface area contributed by atoms with Crippen molar-refractivity contribution in [1.29, 1.82) is 0 Å². The van der Waals surface area contributed by atoms with Crippen molar-refractivity contribution in [3.05, 3.63) is 23.8 Å². The molecular formula is C14H20N2OS. The maximum atomic E-state index is 11.4. The highest BCUT2D eigenvalue weighted by molar-refractivity contribution is 8.00. The molecular weight excluding hydrogens is 244 g/mol. The smallest absolute Gasteiger partial charge is 0.234 e. The molecule has 2 N–H and O–H groups in total. The minimum Gasteiger partial charge on any atom is -0.324 e. The molecule has 1 aromatic carbocycles. The number of nitrogens with one attached hydrogen (secondary N) is 2. The van der Waals surface area contributed by atoms with Crippen LogP contribution in [0.4, 0.5) is 5.69 Å². The van der Waals surface area contributed by atoms with Crippen LogP contribution in [-0.2, 0) is 11.2 Å². The Labute approximate surface area is 113 Å². The van der Waals surface area contributed by atoms with Gasteiger partial charge in [0.2, 0.25) is 5.91 Å². The summed E-state index contributed by atoms with van der Waals surface area (Å²) < 4.78 is 0. The zero-order valence-corrected chi connectivity index (χ0v) is 11.9. The molecule has 3 nitrogen and oxygen atoms in total. The van der Waals surface area contributed by atoms with Crippen molar-refractivity contribution >= 4 is 23.4 Å². The minimum atomic E-state index is 0.0954. The molecule has 1 unspecified atom stereocenters. The molecule has 4 heteroatoms. The molecule has 0 spiro atoms. The Morgan fingerprint density at radius 3 is 2.89 bits per heavy atom. The maximum Gasteiger partial charge on any atom is 0.234 e. The van der Waals surface area contributed by atoms with E-state index in [0.29, 0.717) is 17.8 Å². The third kappa shape index (κ3) is 3.50. The zero-order valence-electron chi connectivity index (χ0n) is 11.1. The van der Waals surface area contributed by atoms with Crippen molar-refractivity contribution in [1.82, 2.24) is 5.32 Å². The molecule has 0 saturated heterocycles. The molecule has 1 aliphatic rings. The number of benzene rings is 1. The lowest BCUT2D eigenvalue weighted by molar-refractivity contribution is -0.113. The molecule has 1 aromatic rings. The van der Waals surface area contributed by atoms with E-state index in [9.17, 15) is 4.79 Å². The van der Waals surface area contributed by atoms with Gasteiger partial charge in [0.15, 0.2) is 0 Å². The van der Waals surface area contributed by atoms with Crippen LogP contribution in [0.15, 0.2) is 23.1 Å². The first-order chi connectivity index (χ1) is 8.54. The number of anilines is 1. The second kappa shape index (κ2) is 5.76. The first kappa shape index (κ1) is 13.4. The monoisotopic (exact) mass is 264 g/mol. The molecule has 98 valence electrons. The van der Waals surface area contributed by atoms with E-state index in [4.69, 9.17) is 0 Å². The lowest BCUT2D eigenvalue weighted by atomic mass is 10.1. The summed E-state index contributed by atoms with van der Waals surface area (Å²) in [7, 11) is 0. The Morgan fingerprint density at radius 2 is 2.17 bits per heavy atom. The van der Waals surface area contributed by atoms with Crippen molar-refractivity contribution in [2.75, 3.05) is 11.1 Å². The topological polar surface area (TPSA) is 41.1 Å². The summed E-state index contributed by atoms with van der Waals surface area (Å²) >= 11 is 1.61. The van der Waals surface area contributed by atoms with Crippen LogP contribution in [-0.4, -0.2) is 23.7 Å². The van der Waals surface area contributed by atoms with Crippen LogP contribution in [0, 0.1) is 0 Å². The number of rotatable bonds is 4. The third-order valence-electron chi connectivity index (χ3n) is 2.84. The van der Waals surface area contributed by atoms with E-state index in [-0.39, 0.29) is 5.91 Å². The molecule has 1 aliphatic heterocycles. The van der Waals surface area contributed by atoms with Crippen molar-refractivity contribution in [3.63, 3.8) is 0 Å². The van der Waals surface area contributed by atoms with Gasteiger partial charge in [0.05, 0.1) is 11.4 Å². The highest BCUT2D eigenvalue weighted by atomic mass is 32.2. The van der Waals surface area contributed by atoms with Crippen LogP contribution in [0.3, 0.4) is 0 Å². The Hall–Kier alpha value is -1.000. The molecule has 1 atom stereocenters. The highest BCUT2D eigenvalue weighted by Crippen LogP contribution is 2.32. The average molecular weight is 264 g/mol. The number of amides is 1. The fourth-order valence-corrected chi connectivity index (χ4v) is 3.03. The van der Waals surface area contributed by atoms with Gasteiger partial charge in [0.1, 0.15) is 0 Å². The van der Waals surface area contributed by atoms with Gasteiger partial charge in [-0.3, -0.25) is 4.79 Å². The summed E-state index contributed by atoms with van der Waals surface area (Å²) in [4.78, 5) is 12.5. The molecule has 0 aliphatic carbocycles. The fraction of sp³-hybridized carbons (Fsp3) is 0.500. The lowest BCUT2D eigenvalue weighted by Crippen LogP contribution is -2.33. The predicted molar refractivity (Wildman–Crippen MR) is 77.2 cm³/mol. The van der Waals surface area contributed by atoms with Gasteiger partial charge >= 0.3 is 0 Å². The van der Waals surface area contributed by atoms with Gasteiger partial charge in [0, 0.05) is 17.0 Å². The number of hydrogen-bond donors (Lipinski definition) is 2. The summed E-state index contributed by atoms with van der Waals surface area (Å²) in [5.74, 6) is 0.621. The van der Waals surface area contributed by atoms with Crippen LogP contribution >= 0.6 is 11.8 Å². The molecule has 0 fully saturated rings.